The van der Waals surface area contributed by atoms with Crippen molar-refractivity contribution >= 4 is 23.1 Å². The predicted molar refractivity (Wildman–Crippen MR) is 85.0 cm³/mol. The predicted octanol–water partition coefficient (Wildman–Crippen LogP) is 2.29. The molecule has 3 nitrogen and oxygen atoms in total. The minimum absolute atomic E-state index is 0.842. The lowest BCUT2D eigenvalue weighted by atomic mass is 10.1. The molecule has 19 heavy (non-hydrogen) atoms. The Morgan fingerprint density at radius 2 is 1.58 bits per heavy atom. The molecule has 0 saturated carbocycles. The lowest BCUT2D eigenvalue weighted by Gasteiger charge is -2.41. The van der Waals surface area contributed by atoms with Gasteiger partial charge >= 0.3 is 0 Å². The van der Waals surface area contributed by atoms with Gasteiger partial charge in [0.1, 0.15) is 0 Å². The van der Waals surface area contributed by atoms with Crippen LogP contribution in [0.2, 0.25) is 0 Å². The number of benzene rings is 1. The van der Waals surface area contributed by atoms with E-state index in [1.807, 2.05) is 12.1 Å². The van der Waals surface area contributed by atoms with Crippen LogP contribution < -0.4 is 10.6 Å². The van der Waals surface area contributed by atoms with Gasteiger partial charge in [-0.15, -0.1) is 0 Å². The zero-order chi connectivity index (χ0) is 13.1. The van der Waals surface area contributed by atoms with Crippen LogP contribution >= 0.6 is 11.8 Å². The molecule has 2 fully saturated rings. The number of piperazine rings is 1. The van der Waals surface area contributed by atoms with Gasteiger partial charge in [-0.1, -0.05) is 0 Å². The Balaban J connectivity index is 1.55. The fraction of sp³-hybridized carbons (Fsp3) is 0.600. The first kappa shape index (κ1) is 13.1. The second-order valence-electron chi connectivity index (χ2n) is 5.46. The Labute approximate surface area is 120 Å². The van der Waals surface area contributed by atoms with Gasteiger partial charge in [0.2, 0.25) is 0 Å². The molecule has 104 valence electrons. The van der Waals surface area contributed by atoms with Gasteiger partial charge < -0.3 is 10.6 Å². The molecule has 2 aliphatic heterocycles. The van der Waals surface area contributed by atoms with Crippen LogP contribution in [0.5, 0.6) is 0 Å². The van der Waals surface area contributed by atoms with E-state index in [9.17, 15) is 0 Å². The maximum Gasteiger partial charge on any atom is 0.0368 e. The molecule has 0 atom stereocenters. The molecule has 0 bridgehead atoms. The van der Waals surface area contributed by atoms with Gasteiger partial charge in [0.25, 0.3) is 0 Å². The summed E-state index contributed by atoms with van der Waals surface area (Å²) in [7, 11) is 0. The van der Waals surface area contributed by atoms with Gasteiger partial charge in [0, 0.05) is 43.6 Å². The third-order valence-corrected chi connectivity index (χ3v) is 5.33. The van der Waals surface area contributed by atoms with E-state index in [1.54, 1.807) is 0 Å². The maximum atomic E-state index is 5.75. The third-order valence-electron chi connectivity index (χ3n) is 4.28. The Bertz CT molecular complexity index is 392. The summed E-state index contributed by atoms with van der Waals surface area (Å²) in [4.78, 5) is 5.18. The molecule has 0 aliphatic carbocycles. The van der Waals surface area contributed by atoms with Crippen molar-refractivity contribution in [2.45, 2.75) is 18.9 Å². The van der Waals surface area contributed by atoms with Crippen LogP contribution in [0.25, 0.3) is 0 Å². The molecule has 0 unspecified atom stereocenters. The number of hydrogen-bond acceptors (Lipinski definition) is 4. The molecule has 0 amide bonds. The van der Waals surface area contributed by atoms with Crippen molar-refractivity contribution < 1.29 is 0 Å². The summed E-state index contributed by atoms with van der Waals surface area (Å²) in [6.07, 6.45) is 2.76. The topological polar surface area (TPSA) is 32.5 Å². The van der Waals surface area contributed by atoms with Crippen LogP contribution in [0.3, 0.4) is 0 Å². The molecule has 2 aliphatic rings. The van der Waals surface area contributed by atoms with Crippen LogP contribution in [-0.4, -0.2) is 48.6 Å². The number of nitrogens with zero attached hydrogens (tertiary/aromatic N) is 2. The fourth-order valence-corrected chi connectivity index (χ4v) is 4.16. The van der Waals surface area contributed by atoms with E-state index < -0.39 is 0 Å². The Kier molecular flexibility index (Phi) is 4.18. The molecule has 1 aromatic carbocycles. The van der Waals surface area contributed by atoms with E-state index in [-0.39, 0.29) is 0 Å². The van der Waals surface area contributed by atoms with Gasteiger partial charge in [-0.25, -0.2) is 0 Å². The molecule has 4 heteroatoms. The second kappa shape index (κ2) is 6.06. The number of nitrogens with two attached hydrogens (primary N) is 1. The number of thioether (sulfide) groups is 1. The molecule has 1 aromatic rings. The number of rotatable bonds is 2. The molecule has 2 N–H and O–H groups in total. The van der Waals surface area contributed by atoms with Crippen LogP contribution in [0.4, 0.5) is 11.4 Å². The first-order valence-electron chi connectivity index (χ1n) is 7.25. The highest BCUT2D eigenvalue weighted by atomic mass is 32.2. The molecule has 2 heterocycles. The van der Waals surface area contributed by atoms with E-state index in [1.165, 1.54) is 43.1 Å². The number of anilines is 2. The van der Waals surface area contributed by atoms with Gasteiger partial charge in [-0.3, -0.25) is 4.90 Å². The molecule has 0 spiro atoms. The summed E-state index contributed by atoms with van der Waals surface area (Å²) >= 11 is 2.11. The summed E-state index contributed by atoms with van der Waals surface area (Å²) in [5.74, 6) is 2.70. The van der Waals surface area contributed by atoms with Crippen LogP contribution in [0.1, 0.15) is 12.8 Å². The quantitative estimate of drug-likeness (QED) is 0.841. The minimum atomic E-state index is 0.842. The van der Waals surface area contributed by atoms with E-state index >= 15 is 0 Å². The molecular formula is C15H23N3S. The summed E-state index contributed by atoms with van der Waals surface area (Å²) in [6, 6.07) is 9.12. The summed E-state index contributed by atoms with van der Waals surface area (Å²) in [6.45, 7) is 4.71. The average molecular weight is 277 g/mol. The molecule has 3 rings (SSSR count). The van der Waals surface area contributed by atoms with Crippen molar-refractivity contribution in [2.24, 2.45) is 0 Å². The first-order chi connectivity index (χ1) is 9.33. The normalized spacial score (nSPS) is 22.6. The molecule has 2 saturated heterocycles. The zero-order valence-electron chi connectivity index (χ0n) is 11.4. The summed E-state index contributed by atoms with van der Waals surface area (Å²) < 4.78 is 0. The Hall–Kier alpha value is -0.870. The number of hydrogen-bond donors (Lipinski definition) is 1. The first-order valence-corrected chi connectivity index (χ1v) is 8.41. The van der Waals surface area contributed by atoms with Crippen molar-refractivity contribution in [3.63, 3.8) is 0 Å². The van der Waals surface area contributed by atoms with E-state index in [2.05, 4.69) is 33.7 Å². The van der Waals surface area contributed by atoms with Crippen molar-refractivity contribution in [3.05, 3.63) is 24.3 Å². The molecule has 0 radical (unpaired) electrons. The Morgan fingerprint density at radius 3 is 2.21 bits per heavy atom. The second-order valence-corrected chi connectivity index (χ2v) is 6.68. The standard InChI is InChI=1S/C15H23N3S/c16-13-1-3-14(4-2-13)17-7-9-18(10-8-17)15-5-11-19-12-6-15/h1-4,15H,5-12,16H2. The van der Waals surface area contributed by atoms with E-state index in [4.69, 9.17) is 5.73 Å². The number of nitrogen functional groups attached to an aromatic ring is 1. The Morgan fingerprint density at radius 1 is 0.947 bits per heavy atom. The lowest BCUT2D eigenvalue weighted by molar-refractivity contribution is 0.175. The third kappa shape index (κ3) is 3.18. The van der Waals surface area contributed by atoms with Crippen LogP contribution in [0, 0.1) is 0 Å². The van der Waals surface area contributed by atoms with Crippen LogP contribution in [0.15, 0.2) is 24.3 Å². The maximum absolute atomic E-state index is 5.75. The van der Waals surface area contributed by atoms with Gasteiger partial charge in [-0.05, 0) is 48.6 Å². The minimum Gasteiger partial charge on any atom is -0.399 e. The largest absolute Gasteiger partial charge is 0.399 e. The van der Waals surface area contributed by atoms with Crippen LogP contribution in [-0.2, 0) is 0 Å². The SMILES string of the molecule is Nc1ccc(N2CCN(C3CCSCC3)CC2)cc1. The van der Waals surface area contributed by atoms with Crippen molar-refractivity contribution in [3.8, 4) is 0 Å². The monoisotopic (exact) mass is 277 g/mol. The van der Waals surface area contributed by atoms with Gasteiger partial charge in [-0.2, -0.15) is 11.8 Å². The zero-order valence-corrected chi connectivity index (χ0v) is 12.2. The fourth-order valence-electron chi connectivity index (χ4n) is 3.08. The summed E-state index contributed by atoms with van der Waals surface area (Å²) in [5, 5.41) is 0. The molecular weight excluding hydrogens is 254 g/mol. The van der Waals surface area contributed by atoms with Crippen molar-refractivity contribution in [2.75, 3.05) is 48.3 Å². The highest BCUT2D eigenvalue weighted by molar-refractivity contribution is 7.99. The lowest BCUT2D eigenvalue weighted by Crippen LogP contribution is -2.51. The van der Waals surface area contributed by atoms with E-state index in [0.29, 0.717) is 0 Å². The summed E-state index contributed by atoms with van der Waals surface area (Å²) in [5.41, 5.74) is 7.91. The van der Waals surface area contributed by atoms with Gasteiger partial charge in [0.05, 0.1) is 0 Å². The molecule has 0 aromatic heterocycles. The van der Waals surface area contributed by atoms with Crippen molar-refractivity contribution in [1.82, 2.24) is 4.90 Å². The van der Waals surface area contributed by atoms with E-state index in [0.717, 1.165) is 24.8 Å². The smallest absolute Gasteiger partial charge is 0.0368 e. The van der Waals surface area contributed by atoms with Crippen molar-refractivity contribution in [1.29, 1.82) is 0 Å². The highest BCUT2D eigenvalue weighted by Gasteiger charge is 2.25. The average Bonchev–Trinajstić information content (AvgIpc) is 2.49. The van der Waals surface area contributed by atoms with Gasteiger partial charge in [0.15, 0.2) is 0 Å². The highest BCUT2D eigenvalue weighted by Crippen LogP contribution is 2.24.